The lowest BCUT2D eigenvalue weighted by Crippen LogP contribution is -2.14. The lowest BCUT2D eigenvalue weighted by molar-refractivity contribution is 0.325. The Morgan fingerprint density at radius 3 is 2.41 bits per heavy atom. The zero-order chi connectivity index (χ0) is 15.7. The van der Waals surface area contributed by atoms with E-state index in [-0.39, 0.29) is 4.90 Å². The summed E-state index contributed by atoms with van der Waals surface area (Å²) in [6.07, 6.45) is 0. The molecule has 4 nitrogen and oxygen atoms in total. The topological polar surface area (TPSA) is 48.3 Å². The summed E-state index contributed by atoms with van der Waals surface area (Å²) in [6.45, 7) is 4.16. The lowest BCUT2D eigenvalue weighted by Gasteiger charge is -2.12. The number of nitrogens with zero attached hydrogens (tertiary/aromatic N) is 1. The van der Waals surface area contributed by atoms with Gasteiger partial charge in [0, 0.05) is 11.5 Å². The molecule has 0 spiro atoms. The highest BCUT2D eigenvalue weighted by molar-refractivity contribution is 7.90. The average Bonchev–Trinajstić information content (AvgIpc) is 2.86. The van der Waals surface area contributed by atoms with Gasteiger partial charge in [0.05, 0.1) is 17.0 Å². The number of hydrogen-bond donors (Lipinski definition) is 0. The molecule has 0 bridgehead atoms. The van der Waals surface area contributed by atoms with Gasteiger partial charge in [0.1, 0.15) is 0 Å². The maximum atomic E-state index is 13.0. The van der Waals surface area contributed by atoms with Crippen LogP contribution in [0.4, 0.5) is 0 Å². The van der Waals surface area contributed by atoms with Gasteiger partial charge in [0.2, 0.25) is 5.88 Å². The van der Waals surface area contributed by atoms with Crippen LogP contribution in [-0.2, 0) is 10.0 Å². The summed E-state index contributed by atoms with van der Waals surface area (Å²) in [5, 5.41) is 0.835. The summed E-state index contributed by atoms with van der Waals surface area (Å²) in [7, 11) is -3.70. The Morgan fingerprint density at radius 2 is 1.73 bits per heavy atom. The van der Waals surface area contributed by atoms with Gasteiger partial charge in [-0.25, -0.2) is 12.4 Å². The zero-order valence-corrected chi connectivity index (χ0v) is 13.3. The summed E-state index contributed by atoms with van der Waals surface area (Å²) >= 11 is 0. The molecule has 0 aliphatic rings. The Kier molecular flexibility index (Phi) is 3.66. The summed E-state index contributed by atoms with van der Waals surface area (Å²) in [6, 6.07) is 15.9. The van der Waals surface area contributed by atoms with Crippen molar-refractivity contribution in [3.05, 3.63) is 60.2 Å². The van der Waals surface area contributed by atoms with Gasteiger partial charge in [-0.15, -0.1) is 0 Å². The Bertz CT molecular complexity index is 909. The third-order valence-electron chi connectivity index (χ3n) is 3.49. The smallest absolute Gasteiger partial charge is 0.271 e. The fourth-order valence-corrected chi connectivity index (χ4v) is 3.88. The molecule has 2 aromatic carbocycles. The van der Waals surface area contributed by atoms with E-state index in [9.17, 15) is 8.42 Å². The quantitative estimate of drug-likeness (QED) is 0.739. The maximum absolute atomic E-state index is 13.0. The fourth-order valence-electron chi connectivity index (χ4n) is 2.42. The summed E-state index contributed by atoms with van der Waals surface area (Å²) < 4.78 is 32.8. The summed E-state index contributed by atoms with van der Waals surface area (Å²) in [5.74, 6) is 0.337. The first kappa shape index (κ1) is 14.7. The maximum Gasteiger partial charge on any atom is 0.271 e. The number of ether oxygens (including phenoxy) is 1. The Labute approximate surface area is 130 Å². The molecule has 3 aromatic rings. The number of aromatic nitrogens is 1. The Morgan fingerprint density at radius 1 is 1.05 bits per heavy atom. The monoisotopic (exact) mass is 315 g/mol. The van der Waals surface area contributed by atoms with Gasteiger partial charge in [-0.2, -0.15) is 0 Å². The second kappa shape index (κ2) is 5.50. The van der Waals surface area contributed by atoms with Gasteiger partial charge in [0.25, 0.3) is 10.0 Å². The minimum atomic E-state index is -3.70. The van der Waals surface area contributed by atoms with E-state index in [1.165, 1.54) is 3.97 Å². The second-order valence-electron chi connectivity index (χ2n) is 5.06. The van der Waals surface area contributed by atoms with Gasteiger partial charge in [0.15, 0.2) is 0 Å². The van der Waals surface area contributed by atoms with Crippen LogP contribution in [-0.4, -0.2) is 19.0 Å². The van der Waals surface area contributed by atoms with Crippen LogP contribution in [0.15, 0.2) is 59.5 Å². The van der Waals surface area contributed by atoms with Crippen molar-refractivity contribution in [3.63, 3.8) is 0 Å². The number of hydrogen-bond acceptors (Lipinski definition) is 3. The molecule has 0 fully saturated rings. The molecular formula is C17H17NO3S. The van der Waals surface area contributed by atoms with Gasteiger partial charge < -0.3 is 4.74 Å². The molecule has 0 aliphatic carbocycles. The zero-order valence-electron chi connectivity index (χ0n) is 12.5. The average molecular weight is 315 g/mol. The normalized spacial score (nSPS) is 11.7. The molecule has 5 heteroatoms. The van der Waals surface area contributed by atoms with Crippen molar-refractivity contribution in [2.45, 2.75) is 18.7 Å². The van der Waals surface area contributed by atoms with E-state index >= 15 is 0 Å². The van der Waals surface area contributed by atoms with Crippen LogP contribution in [0.2, 0.25) is 0 Å². The van der Waals surface area contributed by atoms with Crippen LogP contribution in [0.1, 0.15) is 12.5 Å². The van der Waals surface area contributed by atoms with Gasteiger partial charge in [-0.3, -0.25) is 0 Å². The fraction of sp³-hybridized carbons (Fsp3) is 0.176. The highest BCUT2D eigenvalue weighted by Crippen LogP contribution is 2.30. The molecule has 0 amide bonds. The third-order valence-corrected chi connectivity index (χ3v) is 5.21. The largest absolute Gasteiger partial charge is 0.478 e. The Balaban J connectivity index is 2.27. The third kappa shape index (κ3) is 2.37. The van der Waals surface area contributed by atoms with Crippen molar-refractivity contribution in [3.8, 4) is 5.88 Å². The van der Waals surface area contributed by atoms with Gasteiger partial charge in [-0.1, -0.05) is 35.9 Å². The number of aryl methyl sites for hydroxylation is 1. The highest BCUT2D eigenvalue weighted by Gasteiger charge is 2.23. The van der Waals surface area contributed by atoms with E-state index in [4.69, 9.17) is 4.74 Å². The molecule has 0 radical (unpaired) electrons. The highest BCUT2D eigenvalue weighted by atomic mass is 32.2. The molecule has 0 unspecified atom stereocenters. The van der Waals surface area contributed by atoms with Crippen LogP contribution in [0.5, 0.6) is 5.88 Å². The molecule has 1 aromatic heterocycles. The molecule has 114 valence electrons. The lowest BCUT2D eigenvalue weighted by atomic mass is 10.2. The summed E-state index contributed by atoms with van der Waals surface area (Å²) in [5.41, 5.74) is 1.63. The molecule has 0 atom stereocenters. The predicted octanol–water partition coefficient (Wildman–Crippen LogP) is 3.59. The van der Waals surface area contributed by atoms with Crippen LogP contribution >= 0.6 is 0 Å². The van der Waals surface area contributed by atoms with E-state index in [1.807, 2.05) is 32.0 Å². The van der Waals surface area contributed by atoms with Crippen molar-refractivity contribution in [1.29, 1.82) is 0 Å². The first-order chi connectivity index (χ1) is 10.5. The van der Waals surface area contributed by atoms with Crippen molar-refractivity contribution in [2.75, 3.05) is 6.61 Å². The molecule has 0 saturated heterocycles. The molecule has 0 N–H and O–H groups in total. The Hall–Kier alpha value is -2.27. The number of benzene rings is 2. The predicted molar refractivity (Wildman–Crippen MR) is 86.9 cm³/mol. The number of rotatable bonds is 4. The number of fused-ring (bicyclic) bond motifs is 1. The summed E-state index contributed by atoms with van der Waals surface area (Å²) in [4.78, 5) is 0.250. The molecule has 0 saturated carbocycles. The molecule has 1 heterocycles. The van der Waals surface area contributed by atoms with E-state index in [0.29, 0.717) is 18.0 Å². The van der Waals surface area contributed by atoms with E-state index in [1.54, 1.807) is 36.4 Å². The van der Waals surface area contributed by atoms with Crippen LogP contribution in [0.3, 0.4) is 0 Å². The van der Waals surface area contributed by atoms with Crippen molar-refractivity contribution < 1.29 is 13.2 Å². The van der Waals surface area contributed by atoms with E-state index in [0.717, 1.165) is 10.9 Å². The molecular weight excluding hydrogens is 298 g/mol. The van der Waals surface area contributed by atoms with Crippen LogP contribution in [0.25, 0.3) is 10.9 Å². The molecule has 0 aliphatic heterocycles. The van der Waals surface area contributed by atoms with Crippen molar-refractivity contribution >= 4 is 20.9 Å². The molecule has 22 heavy (non-hydrogen) atoms. The second-order valence-corrected chi connectivity index (χ2v) is 6.84. The van der Waals surface area contributed by atoms with Crippen LogP contribution < -0.4 is 4.74 Å². The van der Waals surface area contributed by atoms with Gasteiger partial charge >= 0.3 is 0 Å². The van der Waals surface area contributed by atoms with Crippen LogP contribution in [0, 0.1) is 6.92 Å². The SMILES string of the molecule is CCOc1cc2ccccc2n1S(=O)(=O)c1ccc(C)cc1. The van der Waals surface area contributed by atoms with Crippen molar-refractivity contribution in [2.24, 2.45) is 0 Å². The van der Waals surface area contributed by atoms with E-state index < -0.39 is 10.0 Å². The minimum Gasteiger partial charge on any atom is -0.478 e. The van der Waals surface area contributed by atoms with Crippen molar-refractivity contribution in [1.82, 2.24) is 3.97 Å². The van der Waals surface area contributed by atoms with E-state index in [2.05, 4.69) is 0 Å². The minimum absolute atomic E-state index is 0.250. The standard InChI is InChI=1S/C17H17NO3S/c1-3-21-17-12-14-6-4-5-7-16(14)18(17)22(19,20)15-10-8-13(2)9-11-15/h4-12H,3H2,1-2H3. The number of para-hydroxylation sites is 1. The first-order valence-electron chi connectivity index (χ1n) is 7.09. The first-order valence-corrected chi connectivity index (χ1v) is 8.53. The molecule has 3 rings (SSSR count). The van der Waals surface area contributed by atoms with Gasteiger partial charge in [-0.05, 0) is 32.0 Å².